The summed E-state index contributed by atoms with van der Waals surface area (Å²) in [6.45, 7) is 0. The van der Waals surface area contributed by atoms with Crippen LogP contribution in [0.5, 0.6) is 0 Å². The normalized spacial score (nSPS) is 11.2. The highest BCUT2D eigenvalue weighted by atomic mass is 19.1. The minimum atomic E-state index is -0.222. The maximum Gasteiger partial charge on any atom is 0.123 e. The first-order chi connectivity index (χ1) is 16.2. The Kier molecular flexibility index (Phi) is 4.66. The van der Waals surface area contributed by atoms with E-state index in [1.807, 2.05) is 36.7 Å². The van der Waals surface area contributed by atoms with Crippen molar-refractivity contribution in [3.8, 4) is 33.5 Å². The van der Waals surface area contributed by atoms with Gasteiger partial charge in [-0.3, -0.25) is 9.97 Å². The molecule has 0 saturated heterocycles. The minimum Gasteiger partial charge on any atom is -0.256 e. The molecule has 3 heteroatoms. The van der Waals surface area contributed by atoms with Crippen LogP contribution in [0, 0.1) is 5.82 Å². The fourth-order valence-corrected chi connectivity index (χ4v) is 4.28. The Morgan fingerprint density at radius 2 is 1.18 bits per heavy atom. The SMILES string of the molecule is Fc1ccc(-c2ccc3cc(-c4ccc(-c5cccc6cccnc56)nc4)ccc3c2)cc1. The second kappa shape index (κ2) is 7.95. The molecule has 33 heavy (non-hydrogen) atoms. The van der Waals surface area contributed by atoms with Crippen LogP contribution in [-0.4, -0.2) is 9.97 Å². The average molecular weight is 426 g/mol. The Labute approximate surface area is 191 Å². The first-order valence-corrected chi connectivity index (χ1v) is 10.8. The second-order valence-electron chi connectivity index (χ2n) is 8.10. The summed E-state index contributed by atoms with van der Waals surface area (Å²) in [5.74, 6) is -0.222. The van der Waals surface area contributed by atoms with Gasteiger partial charge in [-0.1, -0.05) is 66.7 Å². The van der Waals surface area contributed by atoms with Crippen molar-refractivity contribution in [1.29, 1.82) is 0 Å². The molecule has 6 aromatic rings. The van der Waals surface area contributed by atoms with Crippen molar-refractivity contribution in [3.05, 3.63) is 121 Å². The molecule has 0 amide bonds. The fourth-order valence-electron chi connectivity index (χ4n) is 4.28. The molecule has 0 aliphatic rings. The summed E-state index contributed by atoms with van der Waals surface area (Å²) in [7, 11) is 0. The Balaban J connectivity index is 1.33. The first-order valence-electron chi connectivity index (χ1n) is 10.8. The summed E-state index contributed by atoms with van der Waals surface area (Å²) >= 11 is 0. The van der Waals surface area contributed by atoms with Gasteiger partial charge in [0.05, 0.1) is 11.2 Å². The van der Waals surface area contributed by atoms with E-state index < -0.39 is 0 Å². The molecule has 0 bridgehead atoms. The lowest BCUT2D eigenvalue weighted by atomic mass is 9.98. The summed E-state index contributed by atoms with van der Waals surface area (Å²) in [6, 6.07) is 33.7. The maximum atomic E-state index is 13.2. The topological polar surface area (TPSA) is 25.8 Å². The van der Waals surface area contributed by atoms with E-state index in [0.29, 0.717) is 0 Å². The van der Waals surface area contributed by atoms with E-state index in [-0.39, 0.29) is 5.82 Å². The zero-order valence-electron chi connectivity index (χ0n) is 17.7. The molecule has 0 aliphatic heterocycles. The summed E-state index contributed by atoms with van der Waals surface area (Å²) in [6.07, 6.45) is 3.74. The maximum absolute atomic E-state index is 13.2. The lowest BCUT2D eigenvalue weighted by molar-refractivity contribution is 0.628. The molecule has 0 atom stereocenters. The second-order valence-corrected chi connectivity index (χ2v) is 8.10. The zero-order chi connectivity index (χ0) is 22.2. The number of hydrogen-bond acceptors (Lipinski definition) is 2. The molecule has 2 nitrogen and oxygen atoms in total. The molecule has 156 valence electrons. The van der Waals surface area contributed by atoms with E-state index in [4.69, 9.17) is 4.98 Å². The summed E-state index contributed by atoms with van der Waals surface area (Å²) in [4.78, 5) is 9.29. The molecule has 4 aromatic carbocycles. The molecular weight excluding hydrogens is 407 g/mol. The van der Waals surface area contributed by atoms with E-state index in [1.165, 1.54) is 12.1 Å². The minimum absolute atomic E-state index is 0.222. The predicted molar refractivity (Wildman–Crippen MR) is 133 cm³/mol. The lowest BCUT2D eigenvalue weighted by Crippen LogP contribution is -1.88. The van der Waals surface area contributed by atoms with Gasteiger partial charge in [0.15, 0.2) is 0 Å². The van der Waals surface area contributed by atoms with Crippen LogP contribution in [0.2, 0.25) is 0 Å². The number of nitrogens with zero attached hydrogens (tertiary/aromatic N) is 2. The van der Waals surface area contributed by atoms with Crippen molar-refractivity contribution in [2.75, 3.05) is 0 Å². The number of halogens is 1. The number of aromatic nitrogens is 2. The Bertz CT molecular complexity index is 1600. The van der Waals surface area contributed by atoms with Crippen molar-refractivity contribution in [1.82, 2.24) is 9.97 Å². The van der Waals surface area contributed by atoms with Gasteiger partial charge in [-0.2, -0.15) is 0 Å². The standard InChI is InChI=1S/C30H19FN2/c31-27-13-10-20(11-14-27)22-6-7-24-18-25(9-8-23(24)17-22)26-12-15-29(33-19-26)28-5-1-3-21-4-2-16-32-30(21)28/h1-19H. The van der Waals surface area contributed by atoms with Gasteiger partial charge in [-0.25, -0.2) is 4.39 Å². The predicted octanol–water partition coefficient (Wildman–Crippen LogP) is 7.92. The molecule has 2 aromatic heterocycles. The number of fused-ring (bicyclic) bond motifs is 2. The van der Waals surface area contributed by atoms with Gasteiger partial charge in [0.25, 0.3) is 0 Å². The summed E-state index contributed by atoms with van der Waals surface area (Å²) in [5, 5.41) is 3.41. The number of hydrogen-bond donors (Lipinski definition) is 0. The highest BCUT2D eigenvalue weighted by Gasteiger charge is 2.08. The van der Waals surface area contributed by atoms with Crippen LogP contribution in [0.25, 0.3) is 55.2 Å². The zero-order valence-corrected chi connectivity index (χ0v) is 17.7. The number of benzene rings is 4. The van der Waals surface area contributed by atoms with Gasteiger partial charge in [0, 0.05) is 28.9 Å². The molecule has 0 spiro atoms. The van der Waals surface area contributed by atoms with Gasteiger partial charge in [-0.15, -0.1) is 0 Å². The van der Waals surface area contributed by atoms with Crippen LogP contribution in [-0.2, 0) is 0 Å². The Morgan fingerprint density at radius 3 is 1.91 bits per heavy atom. The third-order valence-electron chi connectivity index (χ3n) is 6.02. The van der Waals surface area contributed by atoms with Crippen LogP contribution in [0.15, 0.2) is 116 Å². The first kappa shape index (κ1) is 19.3. The third kappa shape index (κ3) is 3.64. The van der Waals surface area contributed by atoms with Crippen LogP contribution < -0.4 is 0 Å². The summed E-state index contributed by atoms with van der Waals surface area (Å²) in [5.41, 5.74) is 7.17. The molecule has 0 N–H and O–H groups in total. The number of pyridine rings is 2. The van der Waals surface area contributed by atoms with E-state index in [9.17, 15) is 4.39 Å². The number of para-hydroxylation sites is 1. The van der Waals surface area contributed by atoms with Crippen LogP contribution in [0.1, 0.15) is 0 Å². The highest BCUT2D eigenvalue weighted by molar-refractivity contribution is 5.93. The Hall–Kier alpha value is -4.37. The third-order valence-corrected chi connectivity index (χ3v) is 6.02. The monoisotopic (exact) mass is 426 g/mol. The molecule has 0 unspecified atom stereocenters. The van der Waals surface area contributed by atoms with Crippen molar-refractivity contribution in [2.24, 2.45) is 0 Å². The molecule has 0 fully saturated rings. The van der Waals surface area contributed by atoms with E-state index in [0.717, 1.165) is 55.2 Å². The number of rotatable bonds is 3. The molecule has 0 aliphatic carbocycles. The average Bonchev–Trinajstić information content (AvgIpc) is 2.88. The van der Waals surface area contributed by atoms with Gasteiger partial charge >= 0.3 is 0 Å². The van der Waals surface area contributed by atoms with Gasteiger partial charge in [0.2, 0.25) is 0 Å². The van der Waals surface area contributed by atoms with Gasteiger partial charge < -0.3 is 0 Å². The van der Waals surface area contributed by atoms with Gasteiger partial charge in [-0.05, 0) is 63.9 Å². The van der Waals surface area contributed by atoms with E-state index >= 15 is 0 Å². The largest absolute Gasteiger partial charge is 0.256 e. The quantitative estimate of drug-likeness (QED) is 0.287. The van der Waals surface area contributed by atoms with E-state index in [1.54, 1.807) is 0 Å². The fraction of sp³-hybridized carbons (Fsp3) is 0. The molecular formula is C30H19FN2. The van der Waals surface area contributed by atoms with Gasteiger partial charge in [0.1, 0.15) is 5.82 Å². The molecule has 6 rings (SSSR count). The molecule has 0 saturated carbocycles. The van der Waals surface area contributed by atoms with Crippen LogP contribution in [0.4, 0.5) is 4.39 Å². The van der Waals surface area contributed by atoms with Crippen LogP contribution in [0.3, 0.4) is 0 Å². The van der Waals surface area contributed by atoms with E-state index in [2.05, 4.69) is 71.7 Å². The highest BCUT2D eigenvalue weighted by Crippen LogP contribution is 2.30. The summed E-state index contributed by atoms with van der Waals surface area (Å²) < 4.78 is 13.2. The Morgan fingerprint density at radius 1 is 0.515 bits per heavy atom. The molecule has 2 heterocycles. The van der Waals surface area contributed by atoms with Crippen molar-refractivity contribution in [2.45, 2.75) is 0 Å². The van der Waals surface area contributed by atoms with Crippen molar-refractivity contribution >= 4 is 21.7 Å². The van der Waals surface area contributed by atoms with Crippen molar-refractivity contribution in [3.63, 3.8) is 0 Å². The lowest BCUT2D eigenvalue weighted by Gasteiger charge is -2.09. The van der Waals surface area contributed by atoms with Crippen LogP contribution >= 0.6 is 0 Å². The molecule has 0 radical (unpaired) electrons. The smallest absolute Gasteiger partial charge is 0.123 e. The van der Waals surface area contributed by atoms with Crippen molar-refractivity contribution < 1.29 is 4.39 Å².